The van der Waals surface area contributed by atoms with Gasteiger partial charge in [-0.1, -0.05) is 30.3 Å². The number of amides is 1. The zero-order valence-corrected chi connectivity index (χ0v) is 14.4. The van der Waals surface area contributed by atoms with E-state index in [2.05, 4.69) is 5.10 Å². The van der Waals surface area contributed by atoms with Gasteiger partial charge in [0.1, 0.15) is 5.69 Å². The third-order valence-corrected chi connectivity index (χ3v) is 4.56. The van der Waals surface area contributed by atoms with Gasteiger partial charge >= 0.3 is 0 Å². The van der Waals surface area contributed by atoms with Crippen molar-refractivity contribution in [3.63, 3.8) is 0 Å². The van der Waals surface area contributed by atoms with Crippen LogP contribution in [0.15, 0.2) is 36.4 Å². The smallest absolute Gasteiger partial charge is 0.271 e. The Morgan fingerprint density at radius 3 is 2.88 bits per heavy atom. The number of hydrogen-bond acceptors (Lipinski definition) is 3. The van der Waals surface area contributed by atoms with Gasteiger partial charge in [0.25, 0.3) is 5.91 Å². The summed E-state index contributed by atoms with van der Waals surface area (Å²) in [6.45, 7) is 1.63. The third-order valence-electron chi connectivity index (χ3n) is 4.56. The van der Waals surface area contributed by atoms with Gasteiger partial charge in [0.2, 0.25) is 0 Å². The van der Waals surface area contributed by atoms with Crippen LogP contribution in [0.3, 0.4) is 0 Å². The van der Waals surface area contributed by atoms with Crippen LogP contribution in [0.1, 0.15) is 36.2 Å². The first-order valence-corrected chi connectivity index (χ1v) is 8.61. The highest BCUT2D eigenvalue weighted by atomic mass is 16.5. The monoisotopic (exact) mass is 327 g/mol. The quantitative estimate of drug-likeness (QED) is 0.819. The Bertz CT molecular complexity index is 675. The van der Waals surface area contributed by atoms with E-state index in [-0.39, 0.29) is 5.91 Å². The summed E-state index contributed by atoms with van der Waals surface area (Å²) in [5, 5.41) is 4.48. The SMILES string of the molecule is CN(CCC[C@H]1CCCO1)C(=O)c1cc(-c2ccccc2)nn1C. The molecule has 5 nitrogen and oxygen atoms in total. The molecule has 1 aromatic heterocycles. The second kappa shape index (κ2) is 7.62. The van der Waals surface area contributed by atoms with Crippen molar-refractivity contribution in [1.29, 1.82) is 0 Å². The molecule has 0 spiro atoms. The van der Waals surface area contributed by atoms with Gasteiger partial charge in [0.15, 0.2) is 0 Å². The lowest BCUT2D eigenvalue weighted by atomic mass is 10.1. The summed E-state index contributed by atoms with van der Waals surface area (Å²) in [6, 6.07) is 11.8. The summed E-state index contributed by atoms with van der Waals surface area (Å²) in [6.07, 6.45) is 4.69. The predicted molar refractivity (Wildman–Crippen MR) is 93.8 cm³/mol. The van der Waals surface area contributed by atoms with Crippen molar-refractivity contribution >= 4 is 5.91 Å². The standard InChI is InChI=1S/C19H25N3O2/c1-21(12-6-10-16-11-7-13-24-16)19(23)18-14-17(20-22(18)2)15-8-4-3-5-9-15/h3-5,8-9,14,16H,6-7,10-13H2,1-2H3/t16-/m0/s1. The molecule has 0 radical (unpaired) electrons. The van der Waals surface area contributed by atoms with Crippen LogP contribution >= 0.6 is 0 Å². The molecule has 0 bridgehead atoms. The number of carbonyl (C=O) groups excluding carboxylic acids is 1. The van der Waals surface area contributed by atoms with Gasteiger partial charge in [-0.15, -0.1) is 0 Å². The molecule has 1 aliphatic rings. The van der Waals surface area contributed by atoms with Crippen molar-refractivity contribution in [1.82, 2.24) is 14.7 Å². The Balaban J connectivity index is 1.60. The molecule has 1 fully saturated rings. The van der Waals surface area contributed by atoms with Crippen LogP contribution in [0.4, 0.5) is 0 Å². The molecular formula is C19H25N3O2. The van der Waals surface area contributed by atoms with E-state index in [4.69, 9.17) is 4.74 Å². The summed E-state index contributed by atoms with van der Waals surface area (Å²) in [5.41, 5.74) is 2.47. The molecule has 5 heteroatoms. The number of aryl methyl sites for hydroxylation is 1. The normalized spacial score (nSPS) is 17.2. The maximum atomic E-state index is 12.7. The fourth-order valence-corrected chi connectivity index (χ4v) is 3.14. The third kappa shape index (κ3) is 3.85. The molecule has 1 aliphatic heterocycles. The van der Waals surface area contributed by atoms with Gasteiger partial charge in [-0.3, -0.25) is 9.48 Å². The van der Waals surface area contributed by atoms with Crippen LogP contribution in [-0.4, -0.2) is 46.9 Å². The first kappa shape index (κ1) is 16.7. The zero-order valence-electron chi connectivity index (χ0n) is 14.4. The number of hydrogen-bond donors (Lipinski definition) is 0. The summed E-state index contributed by atoms with van der Waals surface area (Å²) in [5.74, 6) is 0.0134. The molecular weight excluding hydrogens is 302 g/mol. The van der Waals surface area contributed by atoms with Crippen molar-refractivity contribution in [2.75, 3.05) is 20.2 Å². The maximum Gasteiger partial charge on any atom is 0.271 e. The van der Waals surface area contributed by atoms with Crippen LogP contribution in [0.25, 0.3) is 11.3 Å². The first-order chi connectivity index (χ1) is 11.6. The Kier molecular flexibility index (Phi) is 5.30. The number of carbonyl (C=O) groups is 1. The topological polar surface area (TPSA) is 47.4 Å². The fourth-order valence-electron chi connectivity index (χ4n) is 3.14. The Morgan fingerprint density at radius 2 is 2.17 bits per heavy atom. The minimum atomic E-state index is 0.0134. The minimum Gasteiger partial charge on any atom is -0.378 e. The van der Waals surface area contributed by atoms with Crippen LogP contribution in [0, 0.1) is 0 Å². The molecule has 0 aliphatic carbocycles. The Morgan fingerprint density at radius 1 is 1.38 bits per heavy atom. The van der Waals surface area contributed by atoms with Gasteiger partial charge < -0.3 is 9.64 Å². The van der Waals surface area contributed by atoms with Gasteiger partial charge in [0.05, 0.1) is 11.8 Å². The average Bonchev–Trinajstić information content (AvgIpc) is 3.24. The summed E-state index contributed by atoms with van der Waals surface area (Å²) >= 11 is 0. The number of nitrogens with zero attached hydrogens (tertiary/aromatic N) is 3. The molecule has 2 aromatic rings. The first-order valence-electron chi connectivity index (χ1n) is 8.61. The number of aromatic nitrogens is 2. The highest BCUT2D eigenvalue weighted by molar-refractivity contribution is 5.93. The van der Waals surface area contributed by atoms with Crippen molar-refractivity contribution < 1.29 is 9.53 Å². The van der Waals surface area contributed by atoms with Crippen molar-refractivity contribution in [2.45, 2.75) is 31.8 Å². The largest absolute Gasteiger partial charge is 0.378 e. The van der Waals surface area contributed by atoms with Gasteiger partial charge in [-0.05, 0) is 31.7 Å². The summed E-state index contributed by atoms with van der Waals surface area (Å²) in [7, 11) is 3.67. The average molecular weight is 327 g/mol. The molecule has 1 atom stereocenters. The summed E-state index contributed by atoms with van der Waals surface area (Å²) < 4.78 is 7.30. The molecule has 0 unspecified atom stereocenters. The molecule has 0 N–H and O–H groups in total. The lowest BCUT2D eigenvalue weighted by Gasteiger charge is -2.18. The molecule has 128 valence electrons. The maximum absolute atomic E-state index is 12.7. The van der Waals surface area contributed by atoms with Crippen molar-refractivity contribution in [3.8, 4) is 11.3 Å². The lowest BCUT2D eigenvalue weighted by Crippen LogP contribution is -2.29. The Hall–Kier alpha value is -2.14. The number of benzene rings is 1. The van der Waals surface area contributed by atoms with E-state index in [0.717, 1.165) is 50.1 Å². The molecule has 3 rings (SSSR count). The van der Waals surface area contributed by atoms with Gasteiger partial charge in [-0.2, -0.15) is 5.10 Å². The number of rotatable bonds is 6. The van der Waals surface area contributed by atoms with E-state index in [9.17, 15) is 4.79 Å². The predicted octanol–water partition coefficient (Wildman–Crippen LogP) is 3.12. The lowest BCUT2D eigenvalue weighted by molar-refractivity contribution is 0.0753. The summed E-state index contributed by atoms with van der Waals surface area (Å²) in [4.78, 5) is 14.4. The second-order valence-corrected chi connectivity index (χ2v) is 6.41. The van der Waals surface area contributed by atoms with Crippen LogP contribution in [-0.2, 0) is 11.8 Å². The molecule has 24 heavy (non-hydrogen) atoms. The second-order valence-electron chi connectivity index (χ2n) is 6.41. The fraction of sp³-hybridized carbons (Fsp3) is 0.474. The van der Waals surface area contributed by atoms with E-state index in [1.54, 1.807) is 9.58 Å². The molecule has 2 heterocycles. The van der Waals surface area contributed by atoms with Crippen LogP contribution in [0.5, 0.6) is 0 Å². The van der Waals surface area contributed by atoms with E-state index >= 15 is 0 Å². The molecule has 1 aromatic carbocycles. The molecule has 1 saturated heterocycles. The van der Waals surface area contributed by atoms with Gasteiger partial charge in [0, 0.05) is 32.8 Å². The number of ether oxygens (including phenoxy) is 1. The molecule has 1 amide bonds. The van der Waals surface area contributed by atoms with Crippen molar-refractivity contribution in [3.05, 3.63) is 42.1 Å². The highest BCUT2D eigenvalue weighted by Crippen LogP contribution is 2.20. The van der Waals surface area contributed by atoms with Gasteiger partial charge in [-0.25, -0.2) is 0 Å². The minimum absolute atomic E-state index is 0.0134. The van der Waals surface area contributed by atoms with Crippen LogP contribution < -0.4 is 0 Å². The van der Waals surface area contributed by atoms with Crippen molar-refractivity contribution in [2.24, 2.45) is 7.05 Å². The van der Waals surface area contributed by atoms with E-state index in [1.807, 2.05) is 50.5 Å². The van der Waals surface area contributed by atoms with Crippen LogP contribution in [0.2, 0.25) is 0 Å². The van der Waals surface area contributed by atoms with E-state index < -0.39 is 0 Å². The van der Waals surface area contributed by atoms with E-state index in [1.165, 1.54) is 0 Å². The highest BCUT2D eigenvalue weighted by Gasteiger charge is 2.19. The molecule has 0 saturated carbocycles. The van der Waals surface area contributed by atoms with E-state index in [0.29, 0.717) is 11.8 Å². The Labute approximate surface area is 143 Å². The zero-order chi connectivity index (χ0) is 16.9.